The zero-order chi connectivity index (χ0) is 14.7. The molecule has 108 valence electrons. The van der Waals surface area contributed by atoms with Crippen LogP contribution in [0.4, 0.5) is 10.1 Å². The van der Waals surface area contributed by atoms with Crippen molar-refractivity contribution in [2.24, 2.45) is 11.8 Å². The minimum absolute atomic E-state index is 0.113. The molecule has 1 fully saturated rings. The van der Waals surface area contributed by atoms with Crippen molar-refractivity contribution in [1.29, 1.82) is 0 Å². The second kappa shape index (κ2) is 6.51. The number of rotatable bonds is 3. The number of anilines is 1. The third kappa shape index (κ3) is 3.68. The molecule has 0 spiro atoms. The summed E-state index contributed by atoms with van der Waals surface area (Å²) in [4.78, 5) is 23.0. The van der Waals surface area contributed by atoms with Gasteiger partial charge in [-0.05, 0) is 66.5 Å². The average molecular weight is 391 g/mol. The summed E-state index contributed by atoms with van der Waals surface area (Å²) in [5, 5.41) is 11.7. The second-order valence-corrected chi connectivity index (χ2v) is 6.16. The molecule has 6 heteroatoms. The molecule has 1 aliphatic carbocycles. The summed E-state index contributed by atoms with van der Waals surface area (Å²) in [6.07, 6.45) is 2.24. The molecule has 0 atom stereocenters. The van der Waals surface area contributed by atoms with Crippen LogP contribution >= 0.6 is 22.6 Å². The molecule has 0 bridgehead atoms. The van der Waals surface area contributed by atoms with Gasteiger partial charge in [0.2, 0.25) is 5.91 Å². The minimum atomic E-state index is -0.781. The number of nitrogens with one attached hydrogen (secondary N) is 1. The summed E-state index contributed by atoms with van der Waals surface area (Å²) in [6, 6.07) is 4.20. The van der Waals surface area contributed by atoms with Crippen LogP contribution in [0.3, 0.4) is 0 Å². The van der Waals surface area contributed by atoms with Gasteiger partial charge in [0, 0.05) is 9.49 Å². The van der Waals surface area contributed by atoms with Gasteiger partial charge >= 0.3 is 5.97 Å². The molecule has 20 heavy (non-hydrogen) atoms. The van der Waals surface area contributed by atoms with Crippen LogP contribution < -0.4 is 5.32 Å². The Morgan fingerprint density at radius 3 is 2.35 bits per heavy atom. The predicted molar refractivity (Wildman–Crippen MR) is 80.8 cm³/mol. The fourth-order valence-corrected chi connectivity index (χ4v) is 3.04. The zero-order valence-electron chi connectivity index (χ0n) is 10.7. The van der Waals surface area contributed by atoms with Crippen molar-refractivity contribution in [3.8, 4) is 0 Å². The van der Waals surface area contributed by atoms with Crippen molar-refractivity contribution < 1.29 is 19.1 Å². The van der Waals surface area contributed by atoms with Crippen molar-refractivity contribution in [3.05, 3.63) is 27.6 Å². The summed E-state index contributed by atoms with van der Waals surface area (Å²) in [7, 11) is 0. The quantitative estimate of drug-likeness (QED) is 0.778. The summed E-state index contributed by atoms with van der Waals surface area (Å²) >= 11 is 1.97. The van der Waals surface area contributed by atoms with E-state index in [0.29, 0.717) is 34.9 Å². The highest BCUT2D eigenvalue weighted by atomic mass is 127. The first-order valence-electron chi connectivity index (χ1n) is 6.46. The number of carboxylic acids is 1. The number of carboxylic acid groups (broad SMARTS) is 1. The lowest BCUT2D eigenvalue weighted by atomic mass is 9.81. The number of amides is 1. The highest BCUT2D eigenvalue weighted by Gasteiger charge is 2.29. The Bertz CT molecular complexity index is 527. The van der Waals surface area contributed by atoms with Crippen LogP contribution in [0.2, 0.25) is 0 Å². The van der Waals surface area contributed by atoms with Crippen molar-refractivity contribution in [3.63, 3.8) is 0 Å². The second-order valence-electron chi connectivity index (χ2n) is 5.00. The van der Waals surface area contributed by atoms with Gasteiger partial charge in [0.15, 0.2) is 0 Å². The van der Waals surface area contributed by atoms with E-state index >= 15 is 0 Å². The van der Waals surface area contributed by atoms with Gasteiger partial charge in [-0.1, -0.05) is 0 Å². The van der Waals surface area contributed by atoms with Crippen molar-refractivity contribution >= 4 is 40.2 Å². The van der Waals surface area contributed by atoms with Crippen LogP contribution in [0.25, 0.3) is 0 Å². The molecule has 1 aliphatic rings. The number of benzene rings is 1. The van der Waals surface area contributed by atoms with E-state index < -0.39 is 5.97 Å². The molecule has 1 aromatic rings. The van der Waals surface area contributed by atoms with Crippen LogP contribution in [-0.4, -0.2) is 17.0 Å². The normalized spacial score (nSPS) is 22.3. The van der Waals surface area contributed by atoms with E-state index in [9.17, 15) is 14.0 Å². The Labute approximate surface area is 129 Å². The Kier molecular flexibility index (Phi) is 4.95. The summed E-state index contributed by atoms with van der Waals surface area (Å²) in [5.41, 5.74) is 0.595. The molecule has 2 rings (SSSR count). The lowest BCUT2D eigenvalue weighted by Gasteiger charge is -2.25. The highest BCUT2D eigenvalue weighted by Crippen LogP contribution is 2.30. The van der Waals surface area contributed by atoms with Gasteiger partial charge in [-0.3, -0.25) is 9.59 Å². The summed E-state index contributed by atoms with van der Waals surface area (Å²) in [6.45, 7) is 0. The largest absolute Gasteiger partial charge is 0.481 e. The number of carbonyl (C=O) groups is 2. The standard InChI is InChI=1S/C14H15FINO3/c15-10-5-6-12(11(16)7-10)17-13(18)8-1-3-9(4-2-8)14(19)20/h5-9H,1-4H2,(H,17,18)(H,19,20). The third-order valence-corrected chi connectivity index (χ3v) is 4.53. The smallest absolute Gasteiger partial charge is 0.306 e. The zero-order valence-corrected chi connectivity index (χ0v) is 12.9. The molecule has 0 unspecified atom stereocenters. The molecule has 1 aromatic carbocycles. The molecule has 4 nitrogen and oxygen atoms in total. The Morgan fingerprint density at radius 1 is 1.20 bits per heavy atom. The molecular weight excluding hydrogens is 376 g/mol. The topological polar surface area (TPSA) is 66.4 Å². The lowest BCUT2D eigenvalue weighted by molar-refractivity contribution is -0.143. The number of hydrogen-bond acceptors (Lipinski definition) is 2. The Balaban J connectivity index is 1.94. The molecule has 2 N–H and O–H groups in total. The van der Waals surface area contributed by atoms with Crippen molar-refractivity contribution in [1.82, 2.24) is 0 Å². The van der Waals surface area contributed by atoms with Crippen LogP contribution in [0.5, 0.6) is 0 Å². The van der Waals surface area contributed by atoms with Gasteiger partial charge in [0.05, 0.1) is 11.6 Å². The molecular formula is C14H15FINO3. The molecule has 0 radical (unpaired) electrons. The van der Waals surface area contributed by atoms with Gasteiger partial charge in [0.1, 0.15) is 5.82 Å². The maximum absolute atomic E-state index is 13.0. The van der Waals surface area contributed by atoms with E-state index in [1.54, 1.807) is 0 Å². The van der Waals surface area contributed by atoms with Crippen molar-refractivity contribution in [2.45, 2.75) is 25.7 Å². The van der Waals surface area contributed by atoms with E-state index in [-0.39, 0.29) is 23.6 Å². The fraction of sp³-hybridized carbons (Fsp3) is 0.429. The molecule has 1 saturated carbocycles. The van der Waals surface area contributed by atoms with Crippen LogP contribution in [-0.2, 0) is 9.59 Å². The monoisotopic (exact) mass is 391 g/mol. The first-order chi connectivity index (χ1) is 9.47. The molecule has 0 heterocycles. The lowest BCUT2D eigenvalue weighted by Crippen LogP contribution is -2.29. The van der Waals surface area contributed by atoms with Gasteiger partial charge in [-0.25, -0.2) is 4.39 Å². The molecule has 0 saturated heterocycles. The van der Waals surface area contributed by atoms with Gasteiger partial charge in [-0.15, -0.1) is 0 Å². The predicted octanol–water partition coefficient (Wildman–Crippen LogP) is 3.26. The van der Waals surface area contributed by atoms with Crippen LogP contribution in [0, 0.1) is 21.2 Å². The number of hydrogen-bond donors (Lipinski definition) is 2. The number of aliphatic carboxylic acids is 1. The minimum Gasteiger partial charge on any atom is -0.481 e. The van der Waals surface area contributed by atoms with Crippen LogP contribution in [0.15, 0.2) is 18.2 Å². The SMILES string of the molecule is O=C(O)C1CCC(C(=O)Nc2ccc(F)cc2I)CC1. The maximum atomic E-state index is 13.0. The highest BCUT2D eigenvalue weighted by molar-refractivity contribution is 14.1. The van der Waals surface area contributed by atoms with E-state index in [4.69, 9.17) is 5.11 Å². The first kappa shape index (κ1) is 15.2. The first-order valence-corrected chi connectivity index (χ1v) is 7.54. The average Bonchev–Trinajstić information content (AvgIpc) is 2.42. The maximum Gasteiger partial charge on any atom is 0.306 e. The van der Waals surface area contributed by atoms with Crippen molar-refractivity contribution in [2.75, 3.05) is 5.32 Å². The van der Waals surface area contributed by atoms with Gasteiger partial charge < -0.3 is 10.4 Å². The fourth-order valence-electron chi connectivity index (χ4n) is 2.43. The summed E-state index contributed by atoms with van der Waals surface area (Å²) in [5.74, 6) is -1.72. The van der Waals surface area contributed by atoms with E-state index in [2.05, 4.69) is 5.32 Å². The molecule has 0 aliphatic heterocycles. The van der Waals surface area contributed by atoms with E-state index in [1.165, 1.54) is 18.2 Å². The molecule has 0 aromatic heterocycles. The summed E-state index contributed by atoms with van der Waals surface area (Å²) < 4.78 is 13.6. The number of carbonyl (C=O) groups excluding carboxylic acids is 1. The Morgan fingerprint density at radius 2 is 1.80 bits per heavy atom. The van der Waals surface area contributed by atoms with E-state index in [1.807, 2.05) is 22.6 Å². The van der Waals surface area contributed by atoms with Crippen LogP contribution in [0.1, 0.15) is 25.7 Å². The van der Waals surface area contributed by atoms with Gasteiger partial charge in [-0.2, -0.15) is 0 Å². The number of halogens is 2. The van der Waals surface area contributed by atoms with E-state index in [0.717, 1.165) is 0 Å². The Hall–Kier alpha value is -1.18. The molecule has 1 amide bonds. The van der Waals surface area contributed by atoms with Gasteiger partial charge in [0.25, 0.3) is 0 Å². The third-order valence-electron chi connectivity index (χ3n) is 3.64.